The standard InChI is InChI=1S/C38H50N4O3/c1-28(2)34-6-4-5-7-35(34)36-27-40(26-29-8-14-33(15-9-29)45-23-22-44-3)20-21-42(36)32-24-38(25-32)16-18-41(19-17-38)31-12-10-30(11-13-31)37(39)43/h4-15,28,32,36H,16-27H2,1-3H3,(H2,39,43). The van der Waals surface area contributed by atoms with Gasteiger partial charge in [0.05, 0.1) is 6.61 Å². The van der Waals surface area contributed by atoms with Crippen LogP contribution >= 0.6 is 0 Å². The van der Waals surface area contributed by atoms with Crippen molar-refractivity contribution < 1.29 is 14.3 Å². The number of piperidine rings is 1. The fraction of sp³-hybridized carbons (Fsp3) is 0.500. The molecule has 1 spiro atoms. The Morgan fingerprint density at radius 1 is 0.911 bits per heavy atom. The summed E-state index contributed by atoms with van der Waals surface area (Å²) in [5, 5.41) is 0. The second-order valence-electron chi connectivity index (χ2n) is 13.7. The fourth-order valence-corrected chi connectivity index (χ4v) is 7.90. The van der Waals surface area contributed by atoms with E-state index in [4.69, 9.17) is 15.2 Å². The van der Waals surface area contributed by atoms with Crippen LogP contribution in [0.1, 0.15) is 78.5 Å². The Morgan fingerprint density at radius 3 is 2.29 bits per heavy atom. The first kappa shape index (κ1) is 31.6. The van der Waals surface area contributed by atoms with Crippen molar-refractivity contribution in [3.63, 3.8) is 0 Å². The van der Waals surface area contributed by atoms with Gasteiger partial charge in [0.2, 0.25) is 5.91 Å². The molecule has 3 aromatic rings. The molecule has 240 valence electrons. The van der Waals surface area contributed by atoms with E-state index < -0.39 is 0 Å². The molecule has 2 N–H and O–H groups in total. The molecule has 2 heterocycles. The normalized spacial score (nSPS) is 20.8. The highest BCUT2D eigenvalue weighted by molar-refractivity contribution is 5.93. The first-order valence-electron chi connectivity index (χ1n) is 16.8. The van der Waals surface area contributed by atoms with Crippen LogP contribution in [0.25, 0.3) is 0 Å². The van der Waals surface area contributed by atoms with E-state index in [0.717, 1.165) is 45.0 Å². The van der Waals surface area contributed by atoms with Gasteiger partial charge in [0.25, 0.3) is 0 Å². The highest BCUT2D eigenvalue weighted by atomic mass is 16.5. The summed E-state index contributed by atoms with van der Waals surface area (Å²) in [6.07, 6.45) is 5.07. The lowest BCUT2D eigenvalue weighted by Gasteiger charge is -2.58. The first-order chi connectivity index (χ1) is 21.8. The predicted molar refractivity (Wildman–Crippen MR) is 181 cm³/mol. The molecular formula is C38H50N4O3. The van der Waals surface area contributed by atoms with Gasteiger partial charge in [-0.25, -0.2) is 0 Å². The Hall–Kier alpha value is -3.39. The summed E-state index contributed by atoms with van der Waals surface area (Å²) in [5.74, 6) is 1.03. The van der Waals surface area contributed by atoms with Gasteiger partial charge in [-0.2, -0.15) is 0 Å². The molecule has 7 heteroatoms. The maximum Gasteiger partial charge on any atom is 0.248 e. The molecule has 0 bridgehead atoms. The Labute approximate surface area is 269 Å². The van der Waals surface area contributed by atoms with E-state index in [-0.39, 0.29) is 5.91 Å². The zero-order valence-electron chi connectivity index (χ0n) is 27.3. The largest absolute Gasteiger partial charge is 0.491 e. The van der Waals surface area contributed by atoms with Gasteiger partial charge in [0.15, 0.2) is 0 Å². The number of amides is 1. The van der Waals surface area contributed by atoms with E-state index in [9.17, 15) is 4.79 Å². The highest BCUT2D eigenvalue weighted by Gasteiger charge is 2.50. The fourth-order valence-electron chi connectivity index (χ4n) is 7.90. The third kappa shape index (κ3) is 7.21. The third-order valence-corrected chi connectivity index (χ3v) is 10.5. The van der Waals surface area contributed by atoms with Crippen molar-refractivity contribution in [2.24, 2.45) is 11.1 Å². The molecule has 0 radical (unpaired) electrons. The summed E-state index contributed by atoms with van der Waals surface area (Å²) in [4.78, 5) is 19.5. The molecule has 6 rings (SSSR count). The van der Waals surface area contributed by atoms with Gasteiger partial charge in [-0.05, 0) is 90.1 Å². The van der Waals surface area contributed by atoms with Crippen LogP contribution in [0.3, 0.4) is 0 Å². The number of carbonyl (C=O) groups is 1. The van der Waals surface area contributed by atoms with E-state index in [1.54, 1.807) is 7.11 Å². The predicted octanol–water partition coefficient (Wildman–Crippen LogP) is 6.24. The van der Waals surface area contributed by atoms with Crippen molar-refractivity contribution in [1.82, 2.24) is 9.80 Å². The Kier molecular flexibility index (Phi) is 9.78. The number of hydrogen-bond acceptors (Lipinski definition) is 6. The molecule has 1 aliphatic carbocycles. The van der Waals surface area contributed by atoms with E-state index in [0.29, 0.717) is 42.2 Å². The van der Waals surface area contributed by atoms with Gasteiger partial charge in [-0.15, -0.1) is 0 Å². The monoisotopic (exact) mass is 610 g/mol. The van der Waals surface area contributed by atoms with Crippen molar-refractivity contribution in [1.29, 1.82) is 0 Å². The molecule has 0 aromatic heterocycles. The van der Waals surface area contributed by atoms with E-state index in [2.05, 4.69) is 77.1 Å². The summed E-state index contributed by atoms with van der Waals surface area (Å²) in [6, 6.07) is 26.6. The SMILES string of the molecule is COCCOc1ccc(CN2CCN(C3CC4(CCN(c5ccc(C(N)=O)cc5)CC4)C3)C(c3ccccc3C(C)C)C2)cc1. The average molecular weight is 611 g/mol. The Morgan fingerprint density at radius 2 is 1.62 bits per heavy atom. The maximum atomic E-state index is 11.5. The van der Waals surface area contributed by atoms with E-state index >= 15 is 0 Å². The van der Waals surface area contributed by atoms with Crippen LogP contribution < -0.4 is 15.4 Å². The van der Waals surface area contributed by atoms with Crippen LogP contribution in [0.5, 0.6) is 5.75 Å². The molecular weight excluding hydrogens is 560 g/mol. The number of piperazine rings is 1. The number of hydrogen-bond donors (Lipinski definition) is 1. The number of nitrogens with two attached hydrogens (primary N) is 1. The highest BCUT2D eigenvalue weighted by Crippen LogP contribution is 2.53. The quantitative estimate of drug-likeness (QED) is 0.259. The molecule has 1 atom stereocenters. The number of methoxy groups -OCH3 is 1. The lowest BCUT2D eigenvalue weighted by atomic mass is 9.59. The zero-order valence-corrected chi connectivity index (χ0v) is 27.3. The second-order valence-corrected chi connectivity index (χ2v) is 13.7. The topological polar surface area (TPSA) is 71.3 Å². The third-order valence-electron chi connectivity index (χ3n) is 10.5. The molecule has 7 nitrogen and oxygen atoms in total. The molecule has 2 saturated heterocycles. The molecule has 1 saturated carbocycles. The van der Waals surface area contributed by atoms with Crippen molar-refractivity contribution in [2.45, 2.75) is 64.1 Å². The summed E-state index contributed by atoms with van der Waals surface area (Å²) in [5.41, 5.74) is 12.0. The summed E-state index contributed by atoms with van der Waals surface area (Å²) < 4.78 is 10.9. The van der Waals surface area contributed by atoms with Crippen molar-refractivity contribution in [2.75, 3.05) is 57.9 Å². The number of carbonyl (C=O) groups excluding carboxylic acids is 1. The number of anilines is 1. The average Bonchev–Trinajstić information content (AvgIpc) is 3.05. The molecule has 1 amide bonds. The summed E-state index contributed by atoms with van der Waals surface area (Å²) >= 11 is 0. The van der Waals surface area contributed by atoms with Crippen molar-refractivity contribution in [3.8, 4) is 5.75 Å². The van der Waals surface area contributed by atoms with Crippen LogP contribution in [0.15, 0.2) is 72.8 Å². The molecule has 3 fully saturated rings. The molecule has 2 aliphatic heterocycles. The van der Waals surface area contributed by atoms with Gasteiger partial charge in [-0.1, -0.05) is 50.2 Å². The molecule has 3 aliphatic rings. The smallest absolute Gasteiger partial charge is 0.248 e. The van der Waals surface area contributed by atoms with Crippen LogP contribution in [-0.4, -0.2) is 74.8 Å². The first-order valence-corrected chi connectivity index (χ1v) is 16.8. The number of benzene rings is 3. The number of primary amides is 1. The van der Waals surface area contributed by atoms with Gasteiger partial charge < -0.3 is 20.1 Å². The molecule has 3 aromatic carbocycles. The van der Waals surface area contributed by atoms with Gasteiger partial charge in [0, 0.05) is 69.7 Å². The van der Waals surface area contributed by atoms with Crippen LogP contribution in [0, 0.1) is 5.41 Å². The van der Waals surface area contributed by atoms with E-state index in [1.807, 2.05) is 24.3 Å². The van der Waals surface area contributed by atoms with Crippen LogP contribution in [-0.2, 0) is 11.3 Å². The minimum absolute atomic E-state index is 0.368. The summed E-state index contributed by atoms with van der Waals surface area (Å²) in [7, 11) is 1.70. The number of rotatable bonds is 11. The Bertz CT molecular complexity index is 1410. The molecule has 1 unspecified atom stereocenters. The van der Waals surface area contributed by atoms with Gasteiger partial charge in [0.1, 0.15) is 12.4 Å². The lowest BCUT2D eigenvalue weighted by molar-refractivity contribution is -0.0628. The number of nitrogens with zero attached hydrogens (tertiary/aromatic N) is 3. The molecule has 45 heavy (non-hydrogen) atoms. The van der Waals surface area contributed by atoms with Gasteiger partial charge in [-0.3, -0.25) is 14.6 Å². The minimum atomic E-state index is -0.368. The van der Waals surface area contributed by atoms with Gasteiger partial charge >= 0.3 is 0 Å². The van der Waals surface area contributed by atoms with Crippen LogP contribution in [0.4, 0.5) is 5.69 Å². The Balaban J connectivity index is 1.11. The van der Waals surface area contributed by atoms with Crippen molar-refractivity contribution in [3.05, 3.63) is 95.1 Å². The van der Waals surface area contributed by atoms with Crippen molar-refractivity contribution >= 4 is 11.6 Å². The van der Waals surface area contributed by atoms with Crippen LogP contribution in [0.2, 0.25) is 0 Å². The van der Waals surface area contributed by atoms with E-state index in [1.165, 1.54) is 48.1 Å². The zero-order chi connectivity index (χ0) is 31.4. The second kappa shape index (κ2) is 13.9. The lowest BCUT2D eigenvalue weighted by Crippen LogP contribution is -2.60. The minimum Gasteiger partial charge on any atom is -0.491 e. The summed E-state index contributed by atoms with van der Waals surface area (Å²) in [6.45, 7) is 12.2. The maximum absolute atomic E-state index is 11.5. The number of ether oxygens (including phenoxy) is 2.